The van der Waals surface area contributed by atoms with Crippen LogP contribution >= 0.6 is 15.9 Å². The van der Waals surface area contributed by atoms with Gasteiger partial charge in [0.15, 0.2) is 0 Å². The summed E-state index contributed by atoms with van der Waals surface area (Å²) < 4.78 is 16.4. The van der Waals surface area contributed by atoms with Crippen LogP contribution in [0.15, 0.2) is 45.8 Å². The maximum atomic E-state index is 14.3. The lowest BCUT2D eigenvalue weighted by Gasteiger charge is -2.17. The summed E-state index contributed by atoms with van der Waals surface area (Å²) in [6.45, 7) is 0.718. The third-order valence-electron chi connectivity index (χ3n) is 4.12. The highest BCUT2D eigenvalue weighted by molar-refractivity contribution is 9.10. The van der Waals surface area contributed by atoms with Crippen LogP contribution in [0.3, 0.4) is 0 Å². The number of nitrogens with one attached hydrogen (secondary N) is 1. The predicted octanol–water partition coefficient (Wildman–Crippen LogP) is 2.91. The second-order valence-electron chi connectivity index (χ2n) is 5.99. The molecule has 2 amide bonds. The monoisotopic (exact) mass is 421 g/mol. The summed E-state index contributed by atoms with van der Waals surface area (Å²) in [4.78, 5) is 36.9. The minimum absolute atomic E-state index is 0.0738. The Morgan fingerprint density at radius 3 is 2.73 bits per heavy atom. The summed E-state index contributed by atoms with van der Waals surface area (Å²) in [6, 6.07) is 7.30. The molecule has 26 heavy (non-hydrogen) atoms. The van der Waals surface area contributed by atoms with Gasteiger partial charge in [0.05, 0.1) is 5.69 Å². The Morgan fingerprint density at radius 2 is 2.04 bits per heavy atom. The van der Waals surface area contributed by atoms with Crippen LogP contribution in [0.5, 0.6) is 0 Å². The zero-order chi connectivity index (χ0) is 18.7. The fraction of sp³-hybridized carbons (Fsp3) is 0.278. The van der Waals surface area contributed by atoms with Gasteiger partial charge in [0.1, 0.15) is 5.82 Å². The number of benzene rings is 1. The molecular weight excluding hydrogens is 405 g/mol. The van der Waals surface area contributed by atoms with Gasteiger partial charge in [-0.2, -0.15) is 0 Å². The lowest BCUT2D eigenvalue weighted by atomic mass is 10.2. The van der Waals surface area contributed by atoms with Crippen molar-refractivity contribution in [1.82, 2.24) is 4.57 Å². The largest absolute Gasteiger partial charge is 0.326 e. The molecule has 2 aromatic rings. The molecule has 0 aliphatic carbocycles. The molecule has 1 fully saturated rings. The first-order valence-corrected chi connectivity index (χ1v) is 8.99. The number of aromatic nitrogens is 1. The lowest BCUT2D eigenvalue weighted by Crippen LogP contribution is -2.25. The Morgan fingerprint density at radius 1 is 1.23 bits per heavy atom. The van der Waals surface area contributed by atoms with Crippen molar-refractivity contribution in [3.05, 3.63) is 57.2 Å². The normalized spacial score (nSPS) is 13.9. The van der Waals surface area contributed by atoms with Crippen LogP contribution in [-0.4, -0.2) is 22.9 Å². The second-order valence-corrected chi connectivity index (χ2v) is 6.91. The quantitative estimate of drug-likeness (QED) is 0.806. The van der Waals surface area contributed by atoms with Gasteiger partial charge >= 0.3 is 0 Å². The molecule has 2 heterocycles. The van der Waals surface area contributed by atoms with E-state index in [0.717, 1.165) is 4.47 Å². The van der Waals surface area contributed by atoms with Crippen LogP contribution in [0.1, 0.15) is 19.3 Å². The molecule has 1 aromatic heterocycles. The van der Waals surface area contributed by atoms with E-state index in [1.165, 1.54) is 27.7 Å². The molecule has 0 radical (unpaired) electrons. The summed E-state index contributed by atoms with van der Waals surface area (Å²) in [5.41, 5.74) is 0.336. The van der Waals surface area contributed by atoms with Crippen molar-refractivity contribution in [1.29, 1.82) is 0 Å². The second kappa shape index (κ2) is 7.82. The number of amides is 2. The molecule has 8 heteroatoms. The zero-order valence-corrected chi connectivity index (χ0v) is 15.5. The molecular formula is C18H17BrFN3O3. The number of nitrogens with zero attached hydrogens (tertiary/aromatic N) is 2. The molecule has 136 valence electrons. The number of rotatable bonds is 5. The van der Waals surface area contributed by atoms with E-state index in [4.69, 9.17) is 0 Å². The van der Waals surface area contributed by atoms with Gasteiger partial charge in [0.2, 0.25) is 11.8 Å². The minimum Gasteiger partial charge on any atom is -0.326 e. The maximum absolute atomic E-state index is 14.3. The summed E-state index contributed by atoms with van der Waals surface area (Å²) in [5.74, 6) is -0.984. The van der Waals surface area contributed by atoms with E-state index >= 15 is 0 Å². The number of hydrogen-bond donors (Lipinski definition) is 1. The Labute approximate surface area is 157 Å². The topological polar surface area (TPSA) is 71.4 Å². The van der Waals surface area contributed by atoms with Gasteiger partial charge in [-0.05, 0) is 46.6 Å². The van der Waals surface area contributed by atoms with Crippen molar-refractivity contribution in [2.45, 2.75) is 25.8 Å². The summed E-state index contributed by atoms with van der Waals surface area (Å²) in [6.07, 6.45) is 2.82. The molecule has 1 aliphatic heterocycles. The average molecular weight is 422 g/mol. The Hall–Kier alpha value is -2.48. The molecule has 0 atom stereocenters. The smallest absolute Gasteiger partial charge is 0.250 e. The van der Waals surface area contributed by atoms with E-state index in [0.29, 0.717) is 25.1 Å². The van der Waals surface area contributed by atoms with Crippen LogP contribution in [0.4, 0.5) is 15.8 Å². The summed E-state index contributed by atoms with van der Waals surface area (Å²) in [7, 11) is 0. The van der Waals surface area contributed by atoms with Crippen LogP contribution in [0, 0.1) is 5.82 Å². The molecule has 0 bridgehead atoms. The standard InChI is InChI=1S/C18H17BrFN3O3/c19-12-3-6-17(25)22(11-12)9-7-16(24)21-13-4-5-15(14(20)10-13)23-8-1-2-18(23)26/h3-6,10-11H,1-2,7-9H2,(H,21,24). The molecule has 1 saturated heterocycles. The third-order valence-corrected chi connectivity index (χ3v) is 4.59. The van der Waals surface area contributed by atoms with E-state index < -0.39 is 5.82 Å². The van der Waals surface area contributed by atoms with E-state index in [9.17, 15) is 18.8 Å². The third kappa shape index (κ3) is 4.19. The van der Waals surface area contributed by atoms with Gasteiger partial charge in [-0.1, -0.05) is 0 Å². The summed E-state index contributed by atoms with van der Waals surface area (Å²) in [5, 5.41) is 2.61. The van der Waals surface area contributed by atoms with Crippen LogP contribution in [0.25, 0.3) is 0 Å². The SMILES string of the molecule is O=C(CCn1cc(Br)ccc1=O)Nc1ccc(N2CCCC2=O)c(F)c1. The van der Waals surface area contributed by atoms with Crippen molar-refractivity contribution in [3.8, 4) is 0 Å². The molecule has 3 rings (SSSR count). The van der Waals surface area contributed by atoms with Crippen molar-refractivity contribution >= 4 is 39.1 Å². The first-order chi connectivity index (χ1) is 12.4. The lowest BCUT2D eigenvalue weighted by molar-refractivity contribution is -0.117. The van der Waals surface area contributed by atoms with E-state index in [1.807, 2.05) is 0 Å². The van der Waals surface area contributed by atoms with Gasteiger partial charge in [-0.3, -0.25) is 14.4 Å². The van der Waals surface area contributed by atoms with Gasteiger partial charge in [0, 0.05) is 48.4 Å². The highest BCUT2D eigenvalue weighted by atomic mass is 79.9. The first-order valence-electron chi connectivity index (χ1n) is 8.20. The Bertz CT molecular complexity index is 913. The van der Waals surface area contributed by atoms with Crippen molar-refractivity contribution in [2.24, 2.45) is 0 Å². The fourth-order valence-corrected chi connectivity index (χ4v) is 3.21. The average Bonchev–Trinajstić information content (AvgIpc) is 3.02. The number of hydrogen-bond acceptors (Lipinski definition) is 3. The van der Waals surface area contributed by atoms with Gasteiger partial charge in [-0.25, -0.2) is 4.39 Å². The van der Waals surface area contributed by atoms with Crippen molar-refractivity contribution in [3.63, 3.8) is 0 Å². The number of carbonyl (C=O) groups is 2. The first kappa shape index (κ1) is 18.3. The maximum Gasteiger partial charge on any atom is 0.250 e. The molecule has 1 N–H and O–H groups in total. The van der Waals surface area contributed by atoms with Gasteiger partial charge in [0.25, 0.3) is 5.56 Å². The molecule has 0 saturated carbocycles. The van der Waals surface area contributed by atoms with Crippen LogP contribution in [0.2, 0.25) is 0 Å². The zero-order valence-electron chi connectivity index (χ0n) is 13.9. The molecule has 1 aliphatic rings. The highest BCUT2D eigenvalue weighted by Gasteiger charge is 2.24. The number of aryl methyl sites for hydroxylation is 1. The van der Waals surface area contributed by atoms with Crippen molar-refractivity contribution in [2.75, 3.05) is 16.8 Å². The number of carbonyl (C=O) groups excluding carboxylic acids is 2. The molecule has 0 spiro atoms. The van der Waals surface area contributed by atoms with E-state index in [2.05, 4.69) is 21.2 Å². The number of halogens is 2. The summed E-state index contributed by atoms with van der Waals surface area (Å²) >= 11 is 3.27. The predicted molar refractivity (Wildman–Crippen MR) is 99.6 cm³/mol. The van der Waals surface area contributed by atoms with E-state index in [1.54, 1.807) is 18.3 Å². The number of anilines is 2. The molecule has 0 unspecified atom stereocenters. The molecule has 6 nitrogen and oxygen atoms in total. The molecule has 1 aromatic carbocycles. The van der Waals surface area contributed by atoms with Crippen LogP contribution in [-0.2, 0) is 16.1 Å². The fourth-order valence-electron chi connectivity index (χ4n) is 2.83. The van der Waals surface area contributed by atoms with Gasteiger partial charge in [-0.15, -0.1) is 0 Å². The number of pyridine rings is 1. The Kier molecular flexibility index (Phi) is 5.51. The van der Waals surface area contributed by atoms with E-state index in [-0.39, 0.29) is 36.0 Å². The highest BCUT2D eigenvalue weighted by Crippen LogP contribution is 2.26. The van der Waals surface area contributed by atoms with Crippen LogP contribution < -0.4 is 15.8 Å². The Balaban J connectivity index is 1.62. The van der Waals surface area contributed by atoms with Crippen molar-refractivity contribution < 1.29 is 14.0 Å². The minimum atomic E-state index is -0.554. The van der Waals surface area contributed by atoms with Gasteiger partial charge < -0.3 is 14.8 Å².